The van der Waals surface area contributed by atoms with Crippen molar-refractivity contribution >= 4 is 0 Å². The summed E-state index contributed by atoms with van der Waals surface area (Å²) in [4.78, 5) is 3.99. The molecular weight excluding hydrogens is 212 g/mol. The third-order valence-corrected chi connectivity index (χ3v) is 3.13. The molecule has 1 heterocycles. The van der Waals surface area contributed by atoms with E-state index >= 15 is 0 Å². The molecule has 2 rings (SSSR count). The minimum absolute atomic E-state index is 0.0369. The monoisotopic (exact) mass is 229 g/mol. The normalized spacial score (nSPS) is 24.6. The molecule has 90 valence electrons. The number of nitrogens with zero attached hydrogens (tertiary/aromatic N) is 2. The predicted molar refractivity (Wildman–Crippen MR) is 57.3 cm³/mol. The Morgan fingerprint density at radius 1 is 1.62 bits per heavy atom. The van der Waals surface area contributed by atoms with Crippen molar-refractivity contribution in [2.75, 3.05) is 0 Å². The van der Waals surface area contributed by atoms with Gasteiger partial charge in [-0.2, -0.15) is 0 Å². The maximum absolute atomic E-state index is 13.1. The van der Waals surface area contributed by atoms with E-state index in [0.29, 0.717) is 13.0 Å². The molecule has 1 aliphatic carbocycles. The topological polar surface area (TPSA) is 29.9 Å². The van der Waals surface area contributed by atoms with Gasteiger partial charge in [-0.15, -0.1) is 0 Å². The Hall–Kier alpha value is -0.970. The van der Waals surface area contributed by atoms with E-state index in [0.717, 1.165) is 12.1 Å². The second-order valence-corrected chi connectivity index (χ2v) is 4.53. The van der Waals surface area contributed by atoms with Crippen LogP contribution in [0.25, 0.3) is 0 Å². The van der Waals surface area contributed by atoms with Gasteiger partial charge in [0.1, 0.15) is 0 Å². The molecule has 1 saturated carbocycles. The van der Waals surface area contributed by atoms with Crippen molar-refractivity contribution in [1.29, 1.82) is 0 Å². The Morgan fingerprint density at radius 3 is 3.06 bits per heavy atom. The molecule has 0 amide bonds. The number of aromatic nitrogens is 2. The number of hydrogen-bond acceptors (Lipinski definition) is 2. The van der Waals surface area contributed by atoms with Crippen LogP contribution in [0.3, 0.4) is 0 Å². The number of hydrogen-bond donors (Lipinski definition) is 1. The van der Waals surface area contributed by atoms with E-state index in [-0.39, 0.29) is 18.9 Å². The number of rotatable bonds is 3. The Labute approximate surface area is 93.9 Å². The van der Waals surface area contributed by atoms with Crippen LogP contribution in [0, 0.1) is 0 Å². The zero-order valence-corrected chi connectivity index (χ0v) is 9.42. The Bertz CT molecular complexity index is 349. The van der Waals surface area contributed by atoms with Crippen LogP contribution in [0.2, 0.25) is 0 Å². The second-order valence-electron chi connectivity index (χ2n) is 4.53. The lowest BCUT2D eigenvalue weighted by molar-refractivity contribution is -0.0443. The molecule has 1 aliphatic rings. The average molecular weight is 229 g/mol. The molecule has 0 saturated heterocycles. The highest BCUT2D eigenvalue weighted by Crippen LogP contribution is 2.33. The number of nitrogens with one attached hydrogen (secondary N) is 1. The predicted octanol–water partition coefficient (Wildman–Crippen LogP) is 2.09. The van der Waals surface area contributed by atoms with Gasteiger partial charge in [0.25, 0.3) is 0 Å². The number of imidazole rings is 1. The molecule has 0 aromatic carbocycles. The van der Waals surface area contributed by atoms with Crippen LogP contribution in [-0.4, -0.2) is 21.5 Å². The van der Waals surface area contributed by atoms with Crippen LogP contribution in [0.5, 0.6) is 0 Å². The van der Waals surface area contributed by atoms with Gasteiger partial charge in [0.2, 0.25) is 5.92 Å². The first-order valence-corrected chi connectivity index (χ1v) is 5.63. The zero-order chi connectivity index (χ0) is 11.6. The van der Waals surface area contributed by atoms with E-state index in [1.807, 2.05) is 11.6 Å². The lowest BCUT2D eigenvalue weighted by Crippen LogP contribution is -2.38. The lowest BCUT2D eigenvalue weighted by atomic mass is 9.92. The van der Waals surface area contributed by atoms with Gasteiger partial charge < -0.3 is 9.88 Å². The maximum Gasteiger partial charge on any atom is 0.249 e. The molecule has 1 aromatic rings. The highest BCUT2D eigenvalue weighted by atomic mass is 19.3. The van der Waals surface area contributed by atoms with Gasteiger partial charge in [-0.3, -0.25) is 0 Å². The largest absolute Gasteiger partial charge is 0.337 e. The summed E-state index contributed by atoms with van der Waals surface area (Å²) in [6.45, 7) is 0.608. The van der Waals surface area contributed by atoms with Crippen LogP contribution in [0.4, 0.5) is 8.78 Å². The smallest absolute Gasteiger partial charge is 0.249 e. The molecular formula is C11H17F2N3. The highest BCUT2D eigenvalue weighted by molar-refractivity contribution is 4.97. The first-order valence-electron chi connectivity index (χ1n) is 5.63. The van der Waals surface area contributed by atoms with Crippen LogP contribution in [-0.2, 0) is 13.6 Å². The zero-order valence-electron chi connectivity index (χ0n) is 9.42. The Morgan fingerprint density at radius 2 is 2.44 bits per heavy atom. The summed E-state index contributed by atoms with van der Waals surface area (Å²) in [7, 11) is 1.90. The van der Waals surface area contributed by atoms with Crippen LogP contribution in [0.15, 0.2) is 12.5 Å². The van der Waals surface area contributed by atoms with Gasteiger partial charge in [-0.05, 0) is 12.8 Å². The summed E-state index contributed by atoms with van der Waals surface area (Å²) in [5, 5.41) is 3.18. The van der Waals surface area contributed by atoms with E-state index in [2.05, 4.69) is 10.3 Å². The molecule has 0 bridgehead atoms. The summed E-state index contributed by atoms with van der Waals surface area (Å²) in [5.41, 5.74) is 1.02. The molecule has 1 fully saturated rings. The van der Waals surface area contributed by atoms with Crippen molar-refractivity contribution in [3.8, 4) is 0 Å². The van der Waals surface area contributed by atoms with Crippen molar-refractivity contribution in [2.24, 2.45) is 7.05 Å². The molecule has 0 aliphatic heterocycles. The maximum atomic E-state index is 13.1. The SMILES string of the molecule is Cn1cncc1CNC1CCCC(F)(F)C1. The molecule has 1 N–H and O–H groups in total. The standard InChI is InChI=1S/C11H17F2N3/c1-16-8-14-6-10(16)7-15-9-3-2-4-11(12,13)5-9/h6,8-9,15H,2-5,7H2,1H3. The van der Waals surface area contributed by atoms with Crippen LogP contribution >= 0.6 is 0 Å². The molecule has 5 heteroatoms. The van der Waals surface area contributed by atoms with Crippen molar-refractivity contribution < 1.29 is 8.78 Å². The first-order chi connectivity index (χ1) is 7.57. The van der Waals surface area contributed by atoms with Gasteiger partial charge in [-0.1, -0.05) is 0 Å². The van der Waals surface area contributed by atoms with Gasteiger partial charge in [0.15, 0.2) is 0 Å². The van der Waals surface area contributed by atoms with E-state index in [9.17, 15) is 8.78 Å². The fourth-order valence-electron chi connectivity index (χ4n) is 2.15. The molecule has 3 nitrogen and oxygen atoms in total. The minimum atomic E-state index is -2.48. The van der Waals surface area contributed by atoms with Crippen molar-refractivity contribution in [3.63, 3.8) is 0 Å². The van der Waals surface area contributed by atoms with E-state index < -0.39 is 5.92 Å². The van der Waals surface area contributed by atoms with Gasteiger partial charge in [0, 0.05) is 38.7 Å². The quantitative estimate of drug-likeness (QED) is 0.860. The summed E-state index contributed by atoms with van der Waals surface area (Å²) in [5.74, 6) is -2.48. The highest BCUT2D eigenvalue weighted by Gasteiger charge is 2.35. The third-order valence-electron chi connectivity index (χ3n) is 3.13. The van der Waals surface area contributed by atoms with E-state index in [1.165, 1.54) is 0 Å². The van der Waals surface area contributed by atoms with Gasteiger partial charge in [0.05, 0.1) is 12.0 Å². The Balaban J connectivity index is 1.84. The second kappa shape index (κ2) is 4.49. The lowest BCUT2D eigenvalue weighted by Gasteiger charge is -2.29. The number of aryl methyl sites for hydroxylation is 1. The summed E-state index contributed by atoms with van der Waals surface area (Å²) >= 11 is 0. The van der Waals surface area contributed by atoms with Crippen molar-refractivity contribution in [1.82, 2.24) is 14.9 Å². The van der Waals surface area contributed by atoms with E-state index in [4.69, 9.17) is 0 Å². The average Bonchev–Trinajstić information content (AvgIpc) is 2.60. The minimum Gasteiger partial charge on any atom is -0.337 e. The Kier molecular flexibility index (Phi) is 3.23. The van der Waals surface area contributed by atoms with Gasteiger partial charge >= 0.3 is 0 Å². The molecule has 1 unspecified atom stereocenters. The van der Waals surface area contributed by atoms with Gasteiger partial charge in [-0.25, -0.2) is 13.8 Å². The summed E-state index contributed by atoms with van der Waals surface area (Å²) in [6.07, 6.45) is 4.92. The molecule has 0 spiro atoms. The van der Waals surface area contributed by atoms with Crippen LogP contribution < -0.4 is 5.32 Å². The first kappa shape index (κ1) is 11.5. The summed E-state index contributed by atoms with van der Waals surface area (Å²) < 4.78 is 28.2. The third kappa shape index (κ3) is 2.78. The number of halogens is 2. The van der Waals surface area contributed by atoms with Crippen LogP contribution in [0.1, 0.15) is 31.4 Å². The molecule has 16 heavy (non-hydrogen) atoms. The number of alkyl halides is 2. The van der Waals surface area contributed by atoms with E-state index in [1.54, 1.807) is 12.5 Å². The van der Waals surface area contributed by atoms with Crippen molar-refractivity contribution in [2.45, 2.75) is 44.2 Å². The van der Waals surface area contributed by atoms with Crippen molar-refractivity contribution in [3.05, 3.63) is 18.2 Å². The molecule has 1 atom stereocenters. The fourth-order valence-corrected chi connectivity index (χ4v) is 2.15. The molecule has 1 aromatic heterocycles. The summed E-state index contributed by atoms with van der Waals surface area (Å²) in [6, 6.07) is -0.0707. The molecule has 0 radical (unpaired) electrons. The fraction of sp³-hybridized carbons (Fsp3) is 0.727.